The minimum atomic E-state index is -1.02. The van der Waals surface area contributed by atoms with Crippen LogP contribution in [0.3, 0.4) is 0 Å². The number of hydrogen-bond donors (Lipinski definition) is 2. The van der Waals surface area contributed by atoms with E-state index in [0.717, 1.165) is 46.7 Å². The van der Waals surface area contributed by atoms with Gasteiger partial charge in [-0.3, -0.25) is 10.1 Å². The Hall–Kier alpha value is -4.06. The SMILES string of the molecule is Cc1cc(C(=C(c2ccccc2)C2CCC2)c2ccc3n[nH]c(F)c3c2)cnc1/C=C/C(=O)O. The van der Waals surface area contributed by atoms with Gasteiger partial charge in [-0.05, 0) is 77.8 Å². The lowest BCUT2D eigenvalue weighted by Crippen LogP contribution is -2.15. The van der Waals surface area contributed by atoms with Crippen molar-refractivity contribution >= 4 is 34.1 Å². The van der Waals surface area contributed by atoms with Gasteiger partial charge in [0.25, 0.3) is 0 Å². The summed E-state index contributed by atoms with van der Waals surface area (Å²) in [6.45, 7) is 1.92. The van der Waals surface area contributed by atoms with Crippen LogP contribution in [-0.2, 0) is 4.79 Å². The van der Waals surface area contributed by atoms with E-state index in [0.29, 0.717) is 22.5 Å². The summed E-state index contributed by atoms with van der Waals surface area (Å²) in [5.41, 5.74) is 7.24. The van der Waals surface area contributed by atoms with Crippen LogP contribution in [0.2, 0.25) is 0 Å². The molecular weight excluding hydrogens is 429 g/mol. The smallest absolute Gasteiger partial charge is 0.328 e. The third-order valence-corrected chi connectivity index (χ3v) is 6.45. The molecule has 0 unspecified atom stereocenters. The predicted molar refractivity (Wildman–Crippen MR) is 131 cm³/mol. The van der Waals surface area contributed by atoms with Gasteiger partial charge in [0.15, 0.2) is 0 Å². The average Bonchev–Trinajstić information content (AvgIpc) is 3.17. The molecule has 1 fully saturated rings. The van der Waals surface area contributed by atoms with E-state index in [4.69, 9.17) is 5.11 Å². The standard InChI is InChI=1S/C28H24FN3O2/c1-17-14-21(16-30-23(17)12-13-25(33)34)27(20-10-11-24-22(15-20)28(29)32-31-24)26(19-8-5-9-19)18-6-3-2-4-7-18/h2-4,6-7,10-16,19H,5,8-9H2,1H3,(H,31,32)(H,33,34)/b13-12+,27-26?. The van der Waals surface area contributed by atoms with Gasteiger partial charge in [-0.1, -0.05) is 42.8 Å². The second-order valence-corrected chi connectivity index (χ2v) is 8.65. The summed E-state index contributed by atoms with van der Waals surface area (Å²) in [6.07, 6.45) is 7.75. The van der Waals surface area contributed by atoms with Gasteiger partial charge in [-0.2, -0.15) is 9.49 Å². The number of benzene rings is 2. The third-order valence-electron chi connectivity index (χ3n) is 6.45. The fourth-order valence-electron chi connectivity index (χ4n) is 4.56. The molecule has 34 heavy (non-hydrogen) atoms. The molecule has 1 saturated carbocycles. The second kappa shape index (κ2) is 9.06. The first-order valence-corrected chi connectivity index (χ1v) is 11.3. The number of halogens is 1. The molecule has 2 N–H and O–H groups in total. The van der Waals surface area contributed by atoms with Crippen LogP contribution in [0, 0.1) is 18.8 Å². The molecule has 1 aliphatic rings. The van der Waals surface area contributed by atoms with E-state index in [2.05, 4.69) is 27.3 Å². The molecular formula is C28H24FN3O2. The number of hydrogen-bond acceptors (Lipinski definition) is 3. The first-order valence-electron chi connectivity index (χ1n) is 11.3. The summed E-state index contributed by atoms with van der Waals surface area (Å²) in [6, 6.07) is 18.0. The Morgan fingerprint density at radius 2 is 1.88 bits per heavy atom. The number of nitrogens with one attached hydrogen (secondary N) is 1. The Morgan fingerprint density at radius 1 is 1.09 bits per heavy atom. The zero-order valence-electron chi connectivity index (χ0n) is 18.8. The summed E-state index contributed by atoms with van der Waals surface area (Å²) < 4.78 is 14.4. The van der Waals surface area contributed by atoms with Gasteiger partial charge in [-0.25, -0.2) is 4.79 Å². The number of H-pyrrole nitrogens is 1. The molecule has 4 aromatic rings. The summed E-state index contributed by atoms with van der Waals surface area (Å²) in [7, 11) is 0. The van der Waals surface area contributed by atoms with E-state index in [1.807, 2.05) is 49.4 Å². The largest absolute Gasteiger partial charge is 0.478 e. The van der Waals surface area contributed by atoms with Crippen LogP contribution >= 0.6 is 0 Å². The van der Waals surface area contributed by atoms with Gasteiger partial charge in [0.1, 0.15) is 0 Å². The minimum Gasteiger partial charge on any atom is -0.478 e. The second-order valence-electron chi connectivity index (χ2n) is 8.65. The molecule has 1 aliphatic carbocycles. The number of pyridine rings is 1. The number of nitrogens with zero attached hydrogens (tertiary/aromatic N) is 2. The maximum Gasteiger partial charge on any atom is 0.328 e. The zero-order chi connectivity index (χ0) is 23.7. The van der Waals surface area contributed by atoms with E-state index >= 15 is 0 Å². The number of fused-ring (bicyclic) bond motifs is 1. The number of carboxylic acid groups (broad SMARTS) is 1. The van der Waals surface area contributed by atoms with Crippen molar-refractivity contribution in [2.45, 2.75) is 26.2 Å². The number of allylic oxidation sites excluding steroid dienone is 1. The van der Waals surface area contributed by atoms with Crippen LogP contribution in [0.4, 0.5) is 4.39 Å². The van der Waals surface area contributed by atoms with Crippen molar-refractivity contribution in [2.24, 2.45) is 5.92 Å². The summed E-state index contributed by atoms with van der Waals surface area (Å²) in [5.74, 6) is -1.07. The van der Waals surface area contributed by atoms with Gasteiger partial charge in [0.2, 0.25) is 5.95 Å². The van der Waals surface area contributed by atoms with Crippen LogP contribution in [0.25, 0.3) is 28.1 Å². The quantitative estimate of drug-likeness (QED) is 0.267. The number of carboxylic acids is 1. The molecule has 5 rings (SSSR count). The fraction of sp³-hybridized carbons (Fsp3) is 0.179. The van der Waals surface area contributed by atoms with Crippen molar-refractivity contribution in [3.05, 3.63) is 101 Å². The van der Waals surface area contributed by atoms with Crippen molar-refractivity contribution in [3.8, 4) is 0 Å². The highest BCUT2D eigenvalue weighted by molar-refractivity contribution is 6.01. The van der Waals surface area contributed by atoms with Crippen molar-refractivity contribution in [1.29, 1.82) is 0 Å². The fourth-order valence-corrected chi connectivity index (χ4v) is 4.56. The number of rotatable bonds is 6. The molecule has 0 saturated heterocycles. The average molecular weight is 454 g/mol. The molecule has 0 atom stereocenters. The molecule has 0 bridgehead atoms. The van der Waals surface area contributed by atoms with Gasteiger partial charge in [0.05, 0.1) is 16.6 Å². The number of aromatic nitrogens is 3. The molecule has 0 amide bonds. The van der Waals surface area contributed by atoms with E-state index < -0.39 is 11.9 Å². The lowest BCUT2D eigenvalue weighted by atomic mass is 9.73. The summed E-state index contributed by atoms with van der Waals surface area (Å²) >= 11 is 0. The van der Waals surface area contributed by atoms with E-state index in [9.17, 15) is 9.18 Å². The Balaban J connectivity index is 1.76. The van der Waals surface area contributed by atoms with E-state index in [-0.39, 0.29) is 0 Å². The van der Waals surface area contributed by atoms with Crippen LogP contribution in [-0.4, -0.2) is 26.3 Å². The number of aliphatic carboxylic acids is 1. The molecule has 170 valence electrons. The van der Waals surface area contributed by atoms with Crippen molar-refractivity contribution in [1.82, 2.24) is 15.2 Å². The van der Waals surface area contributed by atoms with Crippen LogP contribution in [0.1, 0.15) is 47.2 Å². The van der Waals surface area contributed by atoms with Gasteiger partial charge in [0, 0.05) is 17.8 Å². The van der Waals surface area contributed by atoms with Crippen molar-refractivity contribution in [2.75, 3.05) is 0 Å². The third kappa shape index (κ3) is 4.15. The van der Waals surface area contributed by atoms with Gasteiger partial charge in [-0.15, -0.1) is 0 Å². The maximum atomic E-state index is 14.4. The lowest BCUT2D eigenvalue weighted by Gasteiger charge is -2.31. The van der Waals surface area contributed by atoms with Crippen LogP contribution in [0.15, 0.2) is 66.9 Å². The highest BCUT2D eigenvalue weighted by atomic mass is 19.1. The molecule has 6 heteroatoms. The molecule has 2 aromatic carbocycles. The van der Waals surface area contributed by atoms with Crippen molar-refractivity contribution < 1.29 is 14.3 Å². The van der Waals surface area contributed by atoms with Crippen LogP contribution in [0.5, 0.6) is 0 Å². The highest BCUT2D eigenvalue weighted by Crippen LogP contribution is 2.45. The predicted octanol–water partition coefficient (Wildman–Crippen LogP) is 6.26. The zero-order valence-corrected chi connectivity index (χ0v) is 18.8. The molecule has 5 nitrogen and oxygen atoms in total. The first kappa shape index (κ1) is 21.8. The lowest BCUT2D eigenvalue weighted by molar-refractivity contribution is -0.131. The minimum absolute atomic E-state index is 0.397. The molecule has 2 heterocycles. The monoisotopic (exact) mass is 453 g/mol. The number of carbonyl (C=O) groups is 1. The molecule has 0 aliphatic heterocycles. The Kier molecular flexibility index (Phi) is 5.80. The number of aromatic amines is 1. The Labute approximate surface area is 196 Å². The maximum absolute atomic E-state index is 14.4. The van der Waals surface area contributed by atoms with Gasteiger partial charge >= 0.3 is 5.97 Å². The van der Waals surface area contributed by atoms with Crippen molar-refractivity contribution in [3.63, 3.8) is 0 Å². The Morgan fingerprint density at radius 3 is 2.56 bits per heavy atom. The van der Waals surface area contributed by atoms with Gasteiger partial charge < -0.3 is 5.11 Å². The topological polar surface area (TPSA) is 78.9 Å². The summed E-state index contributed by atoms with van der Waals surface area (Å²) in [5, 5.41) is 15.9. The summed E-state index contributed by atoms with van der Waals surface area (Å²) in [4.78, 5) is 15.5. The first-order chi connectivity index (χ1) is 16.5. The molecule has 2 aromatic heterocycles. The van der Waals surface area contributed by atoms with E-state index in [1.54, 1.807) is 6.20 Å². The molecule has 0 radical (unpaired) electrons. The van der Waals surface area contributed by atoms with E-state index in [1.165, 1.54) is 18.1 Å². The Bertz CT molecular complexity index is 1430. The highest BCUT2D eigenvalue weighted by Gasteiger charge is 2.27. The normalized spacial score (nSPS) is 14.9. The molecule has 0 spiro atoms. The number of aryl methyl sites for hydroxylation is 1. The van der Waals surface area contributed by atoms with Crippen LogP contribution < -0.4 is 0 Å².